The van der Waals surface area contributed by atoms with Gasteiger partial charge in [0.15, 0.2) is 4.80 Å². The Bertz CT molecular complexity index is 935. The smallest absolute Gasteiger partial charge is 0.297 e. The first kappa shape index (κ1) is 16.1. The molecule has 7 heteroatoms. The summed E-state index contributed by atoms with van der Waals surface area (Å²) in [6.07, 6.45) is 1.64. The normalized spacial score (nSPS) is 12.5. The quantitative estimate of drug-likeness (QED) is 0.675. The van der Waals surface area contributed by atoms with Gasteiger partial charge in [-0.05, 0) is 54.9 Å². The predicted octanol–water partition coefficient (Wildman–Crippen LogP) is 4.00. The average Bonchev–Trinajstić information content (AvgIpc) is 3.11. The maximum absolute atomic E-state index is 12.6. The number of thiazole rings is 1. The van der Waals surface area contributed by atoms with Crippen LogP contribution in [0.2, 0.25) is 0 Å². The van der Waals surface area contributed by atoms with Crippen molar-refractivity contribution >= 4 is 43.4 Å². The average molecular weight is 393 g/mol. The van der Waals surface area contributed by atoms with Crippen LogP contribution in [-0.4, -0.2) is 20.3 Å². The number of carbonyl (C=O) groups is 1. The second kappa shape index (κ2) is 6.41. The van der Waals surface area contributed by atoms with Crippen LogP contribution in [0.3, 0.4) is 0 Å². The van der Waals surface area contributed by atoms with Crippen LogP contribution in [0.4, 0.5) is 0 Å². The number of halogens is 1. The number of carbonyl (C=O) groups excluding carboxylic acids is 1. The van der Waals surface area contributed by atoms with E-state index in [0.29, 0.717) is 10.5 Å². The number of nitrogens with zero attached hydrogens (tertiary/aromatic N) is 4. The molecule has 2 aromatic heterocycles. The lowest BCUT2D eigenvalue weighted by atomic mass is 10.3. The third-order valence-corrected chi connectivity index (χ3v) is 5.23. The van der Waals surface area contributed by atoms with E-state index in [1.165, 1.54) is 11.3 Å². The molecular weight excluding hydrogens is 376 g/mol. The van der Waals surface area contributed by atoms with Crippen molar-refractivity contribution in [3.8, 4) is 0 Å². The summed E-state index contributed by atoms with van der Waals surface area (Å²) in [4.78, 5) is 17.6. The maximum Gasteiger partial charge on any atom is 0.297 e. The number of fused-ring (bicyclic) bond motifs is 1. The molecule has 0 radical (unpaired) electrons. The van der Waals surface area contributed by atoms with E-state index in [1.54, 1.807) is 16.9 Å². The summed E-state index contributed by atoms with van der Waals surface area (Å²) in [5.41, 5.74) is 1.59. The van der Waals surface area contributed by atoms with Crippen LogP contribution in [0.5, 0.6) is 0 Å². The predicted molar refractivity (Wildman–Crippen MR) is 95.7 cm³/mol. The van der Waals surface area contributed by atoms with Crippen molar-refractivity contribution < 1.29 is 4.79 Å². The minimum Gasteiger partial charge on any atom is -0.316 e. The molecule has 23 heavy (non-hydrogen) atoms. The molecule has 3 aromatic rings. The fourth-order valence-electron chi connectivity index (χ4n) is 2.50. The second-order valence-corrected chi connectivity index (χ2v) is 7.25. The Labute approximate surface area is 146 Å². The molecule has 0 atom stereocenters. The Morgan fingerprint density at radius 3 is 2.87 bits per heavy atom. The Kier molecular flexibility index (Phi) is 4.50. The molecule has 0 aliphatic rings. The highest BCUT2D eigenvalue weighted by Gasteiger charge is 2.15. The van der Waals surface area contributed by atoms with Crippen molar-refractivity contribution in [1.29, 1.82) is 0 Å². The van der Waals surface area contributed by atoms with Gasteiger partial charge < -0.3 is 4.57 Å². The monoisotopic (exact) mass is 392 g/mol. The molecule has 1 aromatic carbocycles. The van der Waals surface area contributed by atoms with Gasteiger partial charge in [0, 0.05) is 23.3 Å². The Morgan fingerprint density at radius 1 is 1.39 bits per heavy atom. The molecule has 0 fully saturated rings. The number of hydrogen-bond donors (Lipinski definition) is 0. The third-order valence-electron chi connectivity index (χ3n) is 3.54. The number of hydrogen-bond acceptors (Lipinski definition) is 3. The largest absolute Gasteiger partial charge is 0.316 e. The zero-order valence-electron chi connectivity index (χ0n) is 13.2. The highest BCUT2D eigenvalue weighted by Crippen LogP contribution is 2.25. The number of para-hydroxylation sites is 1. The SMILES string of the molecule is CCn1c(=NC(=O)c2ccnn2C(C)C)sc2cccc(Br)c21. The van der Waals surface area contributed by atoms with Gasteiger partial charge in [0.05, 0.1) is 10.2 Å². The van der Waals surface area contributed by atoms with E-state index in [-0.39, 0.29) is 11.9 Å². The molecule has 0 spiro atoms. The van der Waals surface area contributed by atoms with Crippen LogP contribution in [0.25, 0.3) is 10.2 Å². The van der Waals surface area contributed by atoms with Crippen molar-refractivity contribution in [2.75, 3.05) is 0 Å². The molecule has 2 heterocycles. The van der Waals surface area contributed by atoms with E-state index in [9.17, 15) is 4.79 Å². The standard InChI is InChI=1S/C16H17BrN4OS/c1-4-20-14-11(17)6-5-7-13(14)23-16(20)19-15(22)12-8-9-18-21(12)10(2)3/h5-10H,4H2,1-3H3. The van der Waals surface area contributed by atoms with Crippen molar-refractivity contribution in [2.45, 2.75) is 33.4 Å². The molecular formula is C16H17BrN4OS. The zero-order valence-corrected chi connectivity index (χ0v) is 15.6. The van der Waals surface area contributed by atoms with E-state index in [1.807, 2.05) is 39.0 Å². The first-order chi connectivity index (χ1) is 11.0. The molecule has 1 amide bonds. The van der Waals surface area contributed by atoms with E-state index in [2.05, 4.69) is 30.6 Å². The van der Waals surface area contributed by atoms with Gasteiger partial charge in [0.1, 0.15) is 5.69 Å². The summed E-state index contributed by atoms with van der Waals surface area (Å²) in [6.45, 7) is 6.78. The van der Waals surface area contributed by atoms with E-state index >= 15 is 0 Å². The Morgan fingerprint density at radius 2 is 2.17 bits per heavy atom. The van der Waals surface area contributed by atoms with E-state index < -0.39 is 0 Å². The lowest BCUT2D eigenvalue weighted by Gasteiger charge is -2.07. The summed E-state index contributed by atoms with van der Waals surface area (Å²) in [5.74, 6) is -0.263. The number of rotatable bonds is 3. The summed E-state index contributed by atoms with van der Waals surface area (Å²) < 4.78 is 5.86. The molecule has 3 rings (SSSR count). The molecule has 0 N–H and O–H groups in total. The molecule has 120 valence electrons. The van der Waals surface area contributed by atoms with E-state index in [4.69, 9.17) is 0 Å². The van der Waals surface area contributed by atoms with Crippen LogP contribution in [0.1, 0.15) is 37.3 Å². The molecule has 0 aliphatic carbocycles. The highest BCUT2D eigenvalue weighted by atomic mass is 79.9. The van der Waals surface area contributed by atoms with Gasteiger partial charge in [-0.25, -0.2) is 0 Å². The van der Waals surface area contributed by atoms with E-state index in [0.717, 1.165) is 21.2 Å². The molecule has 5 nitrogen and oxygen atoms in total. The minimum atomic E-state index is -0.263. The van der Waals surface area contributed by atoms with Gasteiger partial charge in [0.2, 0.25) is 0 Å². The van der Waals surface area contributed by atoms with Gasteiger partial charge >= 0.3 is 0 Å². The van der Waals surface area contributed by atoms with Crippen LogP contribution < -0.4 is 4.80 Å². The fourth-order valence-corrected chi connectivity index (χ4v) is 4.34. The van der Waals surface area contributed by atoms with Crippen molar-refractivity contribution in [3.63, 3.8) is 0 Å². The van der Waals surface area contributed by atoms with Gasteiger partial charge in [-0.2, -0.15) is 10.1 Å². The second-order valence-electron chi connectivity index (χ2n) is 5.39. The first-order valence-corrected chi connectivity index (χ1v) is 9.04. The molecule has 0 aliphatic heterocycles. The number of aryl methyl sites for hydroxylation is 1. The molecule has 0 unspecified atom stereocenters. The van der Waals surface area contributed by atoms with Gasteiger partial charge in [0.25, 0.3) is 5.91 Å². The molecule has 0 saturated heterocycles. The number of amides is 1. The third kappa shape index (κ3) is 2.90. The number of aromatic nitrogens is 3. The van der Waals surface area contributed by atoms with Crippen LogP contribution in [-0.2, 0) is 6.54 Å². The summed E-state index contributed by atoms with van der Waals surface area (Å²) in [7, 11) is 0. The first-order valence-electron chi connectivity index (χ1n) is 7.43. The zero-order chi connectivity index (χ0) is 16.6. The van der Waals surface area contributed by atoms with Crippen molar-refractivity contribution in [2.24, 2.45) is 4.99 Å². The van der Waals surface area contributed by atoms with Gasteiger partial charge in [-0.3, -0.25) is 9.48 Å². The van der Waals surface area contributed by atoms with Gasteiger partial charge in [-0.15, -0.1) is 0 Å². The lowest BCUT2D eigenvalue weighted by molar-refractivity contribution is 0.0986. The Balaban J connectivity index is 2.16. The van der Waals surface area contributed by atoms with Crippen LogP contribution in [0, 0.1) is 0 Å². The van der Waals surface area contributed by atoms with Crippen molar-refractivity contribution in [1.82, 2.24) is 14.3 Å². The lowest BCUT2D eigenvalue weighted by Crippen LogP contribution is -2.18. The van der Waals surface area contributed by atoms with Crippen LogP contribution in [0.15, 0.2) is 39.9 Å². The number of benzene rings is 1. The van der Waals surface area contributed by atoms with Crippen molar-refractivity contribution in [3.05, 3.63) is 45.4 Å². The summed E-state index contributed by atoms with van der Waals surface area (Å²) >= 11 is 5.10. The summed E-state index contributed by atoms with van der Waals surface area (Å²) in [5, 5.41) is 4.20. The topological polar surface area (TPSA) is 52.2 Å². The van der Waals surface area contributed by atoms with Gasteiger partial charge in [-0.1, -0.05) is 17.4 Å². The fraction of sp³-hybridized carbons (Fsp3) is 0.312. The highest BCUT2D eigenvalue weighted by molar-refractivity contribution is 9.10. The minimum absolute atomic E-state index is 0.119. The molecule has 0 saturated carbocycles. The molecule has 0 bridgehead atoms. The summed E-state index contributed by atoms with van der Waals surface area (Å²) in [6, 6.07) is 7.86. The van der Waals surface area contributed by atoms with Crippen LogP contribution >= 0.6 is 27.3 Å². The maximum atomic E-state index is 12.6. The Hall–Kier alpha value is -1.73.